The van der Waals surface area contributed by atoms with Gasteiger partial charge in [0.1, 0.15) is 12.1 Å². The summed E-state index contributed by atoms with van der Waals surface area (Å²) in [6, 6.07) is 4.68. The molecule has 0 radical (unpaired) electrons. The lowest BCUT2D eigenvalue weighted by molar-refractivity contribution is 0.0799. The molecular weight excluding hydrogens is 304 g/mol. The normalized spacial score (nSPS) is 19.2. The van der Waals surface area contributed by atoms with Crippen LogP contribution >= 0.6 is 0 Å². The van der Waals surface area contributed by atoms with Crippen LogP contribution in [0.4, 0.5) is 5.82 Å². The molecule has 0 saturated carbocycles. The molecule has 4 rings (SSSR count). The molecule has 0 atom stereocenters. The number of rotatable bonds is 4. The molecule has 0 unspecified atom stereocenters. The van der Waals surface area contributed by atoms with Crippen molar-refractivity contribution in [3.05, 3.63) is 35.5 Å². The summed E-state index contributed by atoms with van der Waals surface area (Å²) >= 11 is 0. The highest BCUT2D eigenvalue weighted by Crippen LogP contribution is 2.18. The van der Waals surface area contributed by atoms with Crippen LogP contribution in [0, 0.1) is 6.92 Å². The van der Waals surface area contributed by atoms with Crippen molar-refractivity contribution in [3.63, 3.8) is 0 Å². The SMILES string of the molecule is Cc1cc(NC2CCN(Cc3cc4n(n3)CCOC4)CC2)ncn1. The first-order valence-corrected chi connectivity index (χ1v) is 8.67. The van der Waals surface area contributed by atoms with Crippen molar-refractivity contribution in [1.29, 1.82) is 0 Å². The maximum absolute atomic E-state index is 5.49. The molecule has 4 heterocycles. The van der Waals surface area contributed by atoms with E-state index in [9.17, 15) is 0 Å². The molecule has 0 aromatic carbocycles. The van der Waals surface area contributed by atoms with Crippen molar-refractivity contribution in [2.45, 2.75) is 45.5 Å². The minimum atomic E-state index is 0.485. The van der Waals surface area contributed by atoms with E-state index in [1.54, 1.807) is 6.33 Å². The second-order valence-corrected chi connectivity index (χ2v) is 6.64. The highest BCUT2D eigenvalue weighted by Gasteiger charge is 2.21. The van der Waals surface area contributed by atoms with Crippen molar-refractivity contribution < 1.29 is 4.74 Å². The summed E-state index contributed by atoms with van der Waals surface area (Å²) in [7, 11) is 0. The Bertz CT molecular complexity index is 669. The number of hydrogen-bond acceptors (Lipinski definition) is 6. The predicted molar refractivity (Wildman–Crippen MR) is 90.6 cm³/mol. The Morgan fingerprint density at radius 1 is 1.21 bits per heavy atom. The average Bonchev–Trinajstić information content (AvgIpc) is 2.99. The van der Waals surface area contributed by atoms with E-state index in [1.165, 1.54) is 5.69 Å². The monoisotopic (exact) mass is 328 g/mol. The van der Waals surface area contributed by atoms with Gasteiger partial charge in [-0.25, -0.2) is 9.97 Å². The van der Waals surface area contributed by atoms with Gasteiger partial charge in [-0.05, 0) is 25.8 Å². The van der Waals surface area contributed by atoms with Crippen LogP contribution < -0.4 is 5.32 Å². The zero-order valence-electron chi connectivity index (χ0n) is 14.1. The van der Waals surface area contributed by atoms with Gasteiger partial charge in [-0.15, -0.1) is 0 Å². The van der Waals surface area contributed by atoms with Crippen molar-refractivity contribution in [2.75, 3.05) is 25.0 Å². The predicted octanol–water partition coefficient (Wildman–Crippen LogP) is 1.59. The number of fused-ring (bicyclic) bond motifs is 1. The van der Waals surface area contributed by atoms with E-state index >= 15 is 0 Å². The number of nitrogens with zero attached hydrogens (tertiary/aromatic N) is 5. The van der Waals surface area contributed by atoms with Crippen LogP contribution in [0.15, 0.2) is 18.5 Å². The van der Waals surface area contributed by atoms with Crippen molar-refractivity contribution in [3.8, 4) is 0 Å². The quantitative estimate of drug-likeness (QED) is 0.919. The van der Waals surface area contributed by atoms with Crippen LogP contribution in [0.1, 0.15) is 29.9 Å². The molecule has 24 heavy (non-hydrogen) atoms. The molecule has 0 spiro atoms. The van der Waals surface area contributed by atoms with E-state index in [0.717, 1.165) is 62.8 Å². The van der Waals surface area contributed by atoms with E-state index in [1.807, 2.05) is 13.0 Å². The maximum Gasteiger partial charge on any atom is 0.129 e. The first kappa shape index (κ1) is 15.5. The fraction of sp³-hybridized carbons (Fsp3) is 0.588. The molecule has 7 heteroatoms. The standard InChI is InChI=1S/C17H24N6O/c1-13-8-17(19-12-18-13)20-14-2-4-22(5-3-14)10-15-9-16-11-24-7-6-23(16)21-15/h8-9,12,14H,2-7,10-11H2,1H3,(H,18,19,20). The lowest BCUT2D eigenvalue weighted by atomic mass is 10.0. The Morgan fingerprint density at radius 3 is 2.88 bits per heavy atom. The average molecular weight is 328 g/mol. The molecule has 1 fully saturated rings. The third-order valence-corrected chi connectivity index (χ3v) is 4.74. The Morgan fingerprint density at radius 2 is 2.08 bits per heavy atom. The van der Waals surface area contributed by atoms with Gasteiger partial charge < -0.3 is 10.1 Å². The van der Waals surface area contributed by atoms with Gasteiger partial charge in [0.25, 0.3) is 0 Å². The minimum absolute atomic E-state index is 0.485. The molecule has 2 aromatic rings. The Labute approximate surface area is 142 Å². The number of nitrogens with one attached hydrogen (secondary N) is 1. The van der Waals surface area contributed by atoms with Crippen LogP contribution in [0.5, 0.6) is 0 Å². The molecular formula is C17H24N6O. The number of piperidine rings is 1. The van der Waals surface area contributed by atoms with Gasteiger partial charge in [-0.1, -0.05) is 0 Å². The lowest BCUT2D eigenvalue weighted by Gasteiger charge is -2.32. The zero-order chi connectivity index (χ0) is 16.4. The molecule has 2 aliphatic rings. The third kappa shape index (κ3) is 3.57. The van der Waals surface area contributed by atoms with E-state index in [2.05, 4.69) is 30.9 Å². The molecule has 0 aliphatic carbocycles. The molecule has 1 N–H and O–H groups in total. The summed E-state index contributed by atoms with van der Waals surface area (Å²) < 4.78 is 7.57. The van der Waals surface area contributed by atoms with Crippen LogP contribution in [-0.4, -0.2) is 50.4 Å². The van der Waals surface area contributed by atoms with Gasteiger partial charge in [0.15, 0.2) is 0 Å². The summed E-state index contributed by atoms with van der Waals surface area (Å²) in [6.07, 6.45) is 3.87. The molecule has 1 saturated heterocycles. The summed E-state index contributed by atoms with van der Waals surface area (Å²) in [6.45, 7) is 7.43. The second kappa shape index (κ2) is 6.86. The molecule has 2 aromatic heterocycles. The van der Waals surface area contributed by atoms with Gasteiger partial charge in [0.05, 0.1) is 31.1 Å². The summed E-state index contributed by atoms with van der Waals surface area (Å²) in [5.41, 5.74) is 3.36. The first-order valence-electron chi connectivity index (χ1n) is 8.67. The van der Waals surface area contributed by atoms with Gasteiger partial charge in [0.2, 0.25) is 0 Å². The Kier molecular flexibility index (Phi) is 4.44. The highest BCUT2D eigenvalue weighted by molar-refractivity contribution is 5.35. The van der Waals surface area contributed by atoms with Gasteiger partial charge in [-0.2, -0.15) is 5.10 Å². The van der Waals surface area contributed by atoms with E-state index < -0.39 is 0 Å². The van der Waals surface area contributed by atoms with Crippen LogP contribution in [-0.2, 0) is 24.4 Å². The lowest BCUT2D eigenvalue weighted by Crippen LogP contribution is -2.38. The molecule has 0 amide bonds. The van der Waals surface area contributed by atoms with Crippen molar-refractivity contribution in [2.24, 2.45) is 0 Å². The van der Waals surface area contributed by atoms with E-state index in [0.29, 0.717) is 12.6 Å². The fourth-order valence-corrected chi connectivity index (χ4v) is 3.44. The fourth-order valence-electron chi connectivity index (χ4n) is 3.44. The van der Waals surface area contributed by atoms with Crippen molar-refractivity contribution >= 4 is 5.82 Å². The first-order chi connectivity index (χ1) is 11.8. The Hall–Kier alpha value is -1.99. The molecule has 0 bridgehead atoms. The third-order valence-electron chi connectivity index (χ3n) is 4.74. The Balaban J connectivity index is 1.29. The number of aromatic nitrogens is 4. The smallest absolute Gasteiger partial charge is 0.129 e. The maximum atomic E-state index is 5.49. The number of hydrogen-bond donors (Lipinski definition) is 1. The number of likely N-dealkylation sites (tertiary alicyclic amines) is 1. The highest BCUT2D eigenvalue weighted by atomic mass is 16.5. The molecule has 7 nitrogen and oxygen atoms in total. The summed E-state index contributed by atoms with van der Waals surface area (Å²) in [5, 5.41) is 8.24. The van der Waals surface area contributed by atoms with E-state index in [-0.39, 0.29) is 0 Å². The number of anilines is 1. The summed E-state index contributed by atoms with van der Waals surface area (Å²) in [5.74, 6) is 0.933. The van der Waals surface area contributed by atoms with Crippen LogP contribution in [0.2, 0.25) is 0 Å². The van der Waals surface area contributed by atoms with Crippen LogP contribution in [0.25, 0.3) is 0 Å². The topological polar surface area (TPSA) is 68.1 Å². The summed E-state index contributed by atoms with van der Waals surface area (Å²) in [4.78, 5) is 10.9. The largest absolute Gasteiger partial charge is 0.373 e. The van der Waals surface area contributed by atoms with Crippen molar-refractivity contribution in [1.82, 2.24) is 24.6 Å². The zero-order valence-corrected chi connectivity index (χ0v) is 14.1. The molecule has 128 valence electrons. The molecule has 2 aliphatic heterocycles. The van der Waals surface area contributed by atoms with E-state index in [4.69, 9.17) is 9.84 Å². The van der Waals surface area contributed by atoms with Crippen LogP contribution in [0.3, 0.4) is 0 Å². The second-order valence-electron chi connectivity index (χ2n) is 6.64. The minimum Gasteiger partial charge on any atom is -0.373 e. The number of aryl methyl sites for hydroxylation is 1. The number of ether oxygens (including phenoxy) is 1. The van der Waals surface area contributed by atoms with Gasteiger partial charge in [0, 0.05) is 37.4 Å². The van der Waals surface area contributed by atoms with Gasteiger partial charge >= 0.3 is 0 Å². The van der Waals surface area contributed by atoms with Gasteiger partial charge in [-0.3, -0.25) is 9.58 Å².